The van der Waals surface area contributed by atoms with Crippen molar-refractivity contribution in [2.75, 3.05) is 33.4 Å². The van der Waals surface area contributed by atoms with Crippen molar-refractivity contribution in [3.8, 4) is 17.0 Å². The van der Waals surface area contributed by atoms with Crippen LogP contribution < -0.4 is 10.1 Å². The number of benzene rings is 2. The van der Waals surface area contributed by atoms with E-state index in [9.17, 15) is 4.79 Å². The molecule has 1 unspecified atom stereocenters. The van der Waals surface area contributed by atoms with E-state index >= 15 is 0 Å². The number of hydrogen-bond donors (Lipinski definition) is 1. The molecule has 0 radical (unpaired) electrons. The predicted octanol–water partition coefficient (Wildman–Crippen LogP) is 5.06. The van der Waals surface area contributed by atoms with Crippen LogP contribution in [0, 0.1) is 0 Å². The molecule has 1 saturated heterocycles. The second-order valence-corrected chi connectivity index (χ2v) is 8.38. The van der Waals surface area contributed by atoms with Crippen LogP contribution in [0.4, 0.5) is 4.79 Å². The third kappa shape index (κ3) is 4.38. The zero-order valence-corrected chi connectivity index (χ0v) is 19.7. The average molecular weight is 486 g/mol. The SMILES string of the molecule is COc1ncc(C2CNCCN2C(=O)OCC2c3ccccc3-c3ccccc32)cc1Cl.Cl. The van der Waals surface area contributed by atoms with Crippen LogP contribution in [0.1, 0.15) is 28.7 Å². The third-order valence-electron chi connectivity index (χ3n) is 6.22. The molecule has 2 aromatic carbocycles. The summed E-state index contributed by atoms with van der Waals surface area (Å²) in [5.74, 6) is 0.400. The lowest BCUT2D eigenvalue weighted by Crippen LogP contribution is -2.49. The zero-order chi connectivity index (χ0) is 22.1. The molecule has 3 aromatic rings. The smallest absolute Gasteiger partial charge is 0.410 e. The Morgan fingerprint density at radius 3 is 2.45 bits per heavy atom. The number of piperazine rings is 1. The van der Waals surface area contributed by atoms with Crippen LogP contribution in [-0.4, -0.2) is 49.3 Å². The van der Waals surface area contributed by atoms with Gasteiger partial charge in [0.05, 0.1) is 13.2 Å². The summed E-state index contributed by atoms with van der Waals surface area (Å²) in [7, 11) is 1.53. The molecule has 1 aromatic heterocycles. The van der Waals surface area contributed by atoms with Crippen LogP contribution in [0.5, 0.6) is 5.88 Å². The van der Waals surface area contributed by atoms with Crippen molar-refractivity contribution in [2.24, 2.45) is 0 Å². The summed E-state index contributed by atoms with van der Waals surface area (Å²) in [6.45, 7) is 2.16. The number of hydrogen-bond acceptors (Lipinski definition) is 5. The molecule has 1 aliphatic heterocycles. The molecular formula is C25H25Cl2N3O3. The Bertz CT molecular complexity index is 1110. The van der Waals surface area contributed by atoms with Crippen molar-refractivity contribution in [1.82, 2.24) is 15.2 Å². The summed E-state index contributed by atoms with van der Waals surface area (Å²) in [4.78, 5) is 19.2. The average Bonchev–Trinajstić information content (AvgIpc) is 3.16. The van der Waals surface area contributed by atoms with Crippen LogP contribution in [0.15, 0.2) is 60.8 Å². The van der Waals surface area contributed by atoms with Crippen LogP contribution in [0.3, 0.4) is 0 Å². The Balaban J connectivity index is 0.00000259. The minimum absolute atomic E-state index is 0. The van der Waals surface area contributed by atoms with Crippen molar-refractivity contribution < 1.29 is 14.3 Å². The highest BCUT2D eigenvalue weighted by molar-refractivity contribution is 6.31. The summed E-state index contributed by atoms with van der Waals surface area (Å²) in [6.07, 6.45) is 1.37. The molecule has 172 valence electrons. The molecule has 0 saturated carbocycles. The lowest BCUT2D eigenvalue weighted by atomic mass is 9.98. The minimum atomic E-state index is -0.328. The maximum atomic E-state index is 13.2. The van der Waals surface area contributed by atoms with E-state index in [4.69, 9.17) is 21.1 Å². The topological polar surface area (TPSA) is 63.7 Å². The van der Waals surface area contributed by atoms with Crippen LogP contribution in [0.2, 0.25) is 5.02 Å². The van der Waals surface area contributed by atoms with E-state index in [-0.39, 0.29) is 30.5 Å². The van der Waals surface area contributed by atoms with Gasteiger partial charge in [0.1, 0.15) is 11.6 Å². The van der Waals surface area contributed by atoms with Crippen molar-refractivity contribution in [3.05, 3.63) is 82.5 Å². The number of carbonyl (C=O) groups excluding carboxylic acids is 1. The monoisotopic (exact) mass is 485 g/mol. The van der Waals surface area contributed by atoms with Gasteiger partial charge >= 0.3 is 6.09 Å². The molecule has 1 fully saturated rings. The molecule has 1 aliphatic carbocycles. The summed E-state index contributed by atoms with van der Waals surface area (Å²) in [5.41, 5.74) is 5.66. The number of carbonyl (C=O) groups is 1. The van der Waals surface area contributed by atoms with Gasteiger partial charge in [0.25, 0.3) is 0 Å². The van der Waals surface area contributed by atoms with Gasteiger partial charge in [0.2, 0.25) is 5.88 Å². The van der Waals surface area contributed by atoms with Gasteiger partial charge in [-0.3, -0.25) is 4.90 Å². The van der Waals surface area contributed by atoms with E-state index in [0.717, 1.165) is 5.56 Å². The molecule has 8 heteroatoms. The van der Waals surface area contributed by atoms with Crippen LogP contribution in [0.25, 0.3) is 11.1 Å². The maximum absolute atomic E-state index is 13.2. The van der Waals surface area contributed by atoms with Gasteiger partial charge in [0, 0.05) is 31.7 Å². The Labute approximate surface area is 204 Å². The third-order valence-corrected chi connectivity index (χ3v) is 6.49. The lowest BCUT2D eigenvalue weighted by Gasteiger charge is -2.35. The number of nitrogens with one attached hydrogen (secondary N) is 1. The Morgan fingerprint density at radius 2 is 1.82 bits per heavy atom. The number of methoxy groups -OCH3 is 1. The van der Waals surface area contributed by atoms with Gasteiger partial charge < -0.3 is 14.8 Å². The van der Waals surface area contributed by atoms with E-state index in [2.05, 4.69) is 34.6 Å². The first kappa shape index (κ1) is 23.4. The molecule has 33 heavy (non-hydrogen) atoms. The highest BCUT2D eigenvalue weighted by Gasteiger charge is 2.33. The van der Waals surface area contributed by atoms with Gasteiger partial charge in [-0.2, -0.15) is 0 Å². The van der Waals surface area contributed by atoms with E-state index in [1.54, 1.807) is 17.2 Å². The Kier molecular flexibility index (Phi) is 7.08. The van der Waals surface area contributed by atoms with E-state index in [0.29, 0.717) is 37.1 Å². The van der Waals surface area contributed by atoms with Gasteiger partial charge in [-0.15, -0.1) is 12.4 Å². The number of aromatic nitrogens is 1. The van der Waals surface area contributed by atoms with E-state index in [1.807, 2.05) is 24.3 Å². The largest absolute Gasteiger partial charge is 0.480 e. The van der Waals surface area contributed by atoms with E-state index in [1.165, 1.54) is 29.4 Å². The van der Waals surface area contributed by atoms with Gasteiger partial charge in [-0.05, 0) is 33.9 Å². The van der Waals surface area contributed by atoms with Crippen LogP contribution >= 0.6 is 24.0 Å². The summed E-state index contributed by atoms with van der Waals surface area (Å²) >= 11 is 6.28. The molecular weight excluding hydrogens is 461 g/mol. The highest BCUT2D eigenvalue weighted by atomic mass is 35.5. The molecule has 1 N–H and O–H groups in total. The Morgan fingerprint density at radius 1 is 1.15 bits per heavy atom. The quantitative estimate of drug-likeness (QED) is 0.559. The number of pyridine rings is 1. The van der Waals surface area contributed by atoms with Crippen molar-refractivity contribution in [1.29, 1.82) is 0 Å². The fourth-order valence-electron chi connectivity index (χ4n) is 4.67. The zero-order valence-electron chi connectivity index (χ0n) is 18.2. The van der Waals surface area contributed by atoms with Gasteiger partial charge in [-0.25, -0.2) is 9.78 Å². The second-order valence-electron chi connectivity index (χ2n) is 7.98. The molecule has 2 heterocycles. The first-order valence-corrected chi connectivity index (χ1v) is 11.1. The number of nitrogens with zero attached hydrogens (tertiary/aromatic N) is 2. The molecule has 2 aliphatic rings. The van der Waals surface area contributed by atoms with Gasteiger partial charge in [0.15, 0.2) is 0 Å². The molecule has 5 rings (SSSR count). The molecule has 1 atom stereocenters. The van der Waals surface area contributed by atoms with Crippen molar-refractivity contribution in [3.63, 3.8) is 0 Å². The first-order chi connectivity index (χ1) is 15.7. The summed E-state index contributed by atoms with van der Waals surface area (Å²) < 4.78 is 11.0. The second kappa shape index (κ2) is 10.00. The van der Waals surface area contributed by atoms with Gasteiger partial charge in [-0.1, -0.05) is 60.1 Å². The van der Waals surface area contributed by atoms with Crippen molar-refractivity contribution in [2.45, 2.75) is 12.0 Å². The fraction of sp³-hybridized carbons (Fsp3) is 0.280. The molecule has 1 amide bonds. The molecule has 0 spiro atoms. The predicted molar refractivity (Wildman–Crippen MR) is 130 cm³/mol. The Hall–Kier alpha value is -2.80. The minimum Gasteiger partial charge on any atom is -0.480 e. The summed E-state index contributed by atoms with van der Waals surface area (Å²) in [6, 6.07) is 18.2. The maximum Gasteiger partial charge on any atom is 0.410 e. The highest BCUT2D eigenvalue weighted by Crippen LogP contribution is 2.44. The lowest BCUT2D eigenvalue weighted by molar-refractivity contribution is 0.0751. The molecule has 0 bridgehead atoms. The number of rotatable bonds is 4. The number of halogens is 2. The number of fused-ring (bicyclic) bond motifs is 3. The van der Waals surface area contributed by atoms with Crippen molar-refractivity contribution >= 4 is 30.1 Å². The fourth-order valence-corrected chi connectivity index (χ4v) is 4.92. The van der Waals surface area contributed by atoms with Crippen LogP contribution in [-0.2, 0) is 4.74 Å². The summed E-state index contributed by atoms with van der Waals surface area (Å²) in [5, 5.41) is 3.76. The number of ether oxygens (including phenoxy) is 2. The number of amides is 1. The standard InChI is InChI=1S/C25H24ClN3O3.ClH/c1-31-24-22(26)12-16(13-28-24)23-14-27-10-11-29(23)25(30)32-15-21-19-8-4-2-6-17(19)18-7-3-5-9-20(18)21;/h2-9,12-13,21,23,27H,10-11,14-15H2,1H3;1H. The first-order valence-electron chi connectivity index (χ1n) is 10.7. The van der Waals surface area contributed by atoms with E-state index < -0.39 is 0 Å². The molecule has 6 nitrogen and oxygen atoms in total. The normalized spacial score (nSPS) is 17.0.